The van der Waals surface area contributed by atoms with Gasteiger partial charge in [-0.15, -0.1) is 0 Å². The molecule has 174 valence electrons. The van der Waals surface area contributed by atoms with E-state index in [9.17, 15) is 14.7 Å². The molecule has 4 atom stereocenters. The van der Waals surface area contributed by atoms with Crippen LogP contribution in [-0.2, 0) is 24.3 Å². The lowest BCUT2D eigenvalue weighted by atomic mass is 9.87. The van der Waals surface area contributed by atoms with E-state index in [1.54, 1.807) is 17.0 Å². The summed E-state index contributed by atoms with van der Waals surface area (Å²) >= 11 is 0. The summed E-state index contributed by atoms with van der Waals surface area (Å²) in [6, 6.07) is 11.6. The van der Waals surface area contributed by atoms with Crippen LogP contribution in [0.15, 0.2) is 59.9 Å². The Balaban J connectivity index is 1.31. The van der Waals surface area contributed by atoms with Crippen LogP contribution in [0.3, 0.4) is 0 Å². The van der Waals surface area contributed by atoms with Crippen molar-refractivity contribution in [2.75, 3.05) is 20.2 Å². The summed E-state index contributed by atoms with van der Waals surface area (Å²) < 4.78 is 1.80. The van der Waals surface area contributed by atoms with Crippen LogP contribution >= 0.6 is 0 Å². The standard InChI is InChI=1S/C26H27N5O3/c1-29-23-20(13-31-22(23)7-6-19(25(31)33)18-10-27-15-28-11-18)21(14-32)24(29)26(34)30-9-8-16-4-2-3-5-17(16)12-30/h2-7,10-11,15,20-21,23-24,32H,8-9,12-14H2,1H3/t20-,21-,23+,24-/m1/s1. The van der Waals surface area contributed by atoms with Crippen LogP contribution in [0.1, 0.15) is 22.9 Å². The number of likely N-dealkylation sites (tertiary alicyclic amines) is 1. The minimum Gasteiger partial charge on any atom is -0.396 e. The van der Waals surface area contributed by atoms with E-state index in [4.69, 9.17) is 0 Å². The predicted molar refractivity (Wildman–Crippen MR) is 126 cm³/mol. The molecule has 0 saturated carbocycles. The maximum Gasteiger partial charge on any atom is 0.258 e. The topological polar surface area (TPSA) is 91.6 Å². The molecule has 0 bridgehead atoms. The summed E-state index contributed by atoms with van der Waals surface area (Å²) in [6.45, 7) is 1.69. The Labute approximate surface area is 197 Å². The van der Waals surface area contributed by atoms with Crippen LogP contribution in [-0.4, -0.2) is 61.6 Å². The second kappa shape index (κ2) is 8.14. The van der Waals surface area contributed by atoms with Crippen molar-refractivity contribution < 1.29 is 9.90 Å². The average molecular weight is 458 g/mol. The number of carbonyl (C=O) groups is 1. The molecule has 6 rings (SSSR count). The number of aromatic nitrogens is 3. The van der Waals surface area contributed by atoms with Gasteiger partial charge in [-0.25, -0.2) is 9.97 Å². The number of aliphatic hydroxyl groups excluding tert-OH is 1. The Bertz CT molecular complexity index is 1310. The number of pyridine rings is 1. The first-order chi connectivity index (χ1) is 16.6. The highest BCUT2D eigenvalue weighted by molar-refractivity contribution is 5.83. The summed E-state index contributed by atoms with van der Waals surface area (Å²) in [6.07, 6.45) is 5.57. The van der Waals surface area contributed by atoms with Gasteiger partial charge in [-0.05, 0) is 36.7 Å². The number of nitrogens with zero attached hydrogens (tertiary/aromatic N) is 5. The van der Waals surface area contributed by atoms with Crippen molar-refractivity contribution >= 4 is 5.91 Å². The van der Waals surface area contributed by atoms with Gasteiger partial charge in [0.05, 0.1) is 17.6 Å². The maximum absolute atomic E-state index is 13.7. The van der Waals surface area contributed by atoms with E-state index in [-0.39, 0.29) is 36.0 Å². The lowest BCUT2D eigenvalue weighted by Gasteiger charge is -2.35. The monoisotopic (exact) mass is 457 g/mol. The molecule has 1 amide bonds. The highest BCUT2D eigenvalue weighted by atomic mass is 16.3. The number of benzene rings is 1. The van der Waals surface area contributed by atoms with E-state index >= 15 is 0 Å². The van der Waals surface area contributed by atoms with E-state index in [0.717, 1.165) is 12.1 Å². The molecule has 3 aromatic rings. The average Bonchev–Trinajstić information content (AvgIpc) is 3.39. The molecule has 3 aliphatic heterocycles. The zero-order valence-corrected chi connectivity index (χ0v) is 19.0. The molecule has 0 unspecified atom stereocenters. The highest BCUT2D eigenvalue weighted by Crippen LogP contribution is 2.48. The van der Waals surface area contributed by atoms with Gasteiger partial charge in [0, 0.05) is 61.7 Å². The minimum atomic E-state index is -0.406. The fourth-order valence-corrected chi connectivity index (χ4v) is 6.28. The molecule has 8 heteroatoms. The normalized spacial score (nSPS) is 25.6. The van der Waals surface area contributed by atoms with Crippen LogP contribution in [0.4, 0.5) is 0 Å². The van der Waals surface area contributed by atoms with Crippen molar-refractivity contribution in [3.05, 3.63) is 82.3 Å². The minimum absolute atomic E-state index is 0.00370. The molecule has 1 aromatic carbocycles. The summed E-state index contributed by atoms with van der Waals surface area (Å²) in [7, 11) is 1.95. The van der Waals surface area contributed by atoms with Gasteiger partial charge in [-0.2, -0.15) is 0 Å². The molecule has 8 nitrogen and oxygen atoms in total. The van der Waals surface area contributed by atoms with Crippen molar-refractivity contribution in [3.63, 3.8) is 0 Å². The largest absolute Gasteiger partial charge is 0.396 e. The molecule has 34 heavy (non-hydrogen) atoms. The second-order valence-electron chi connectivity index (χ2n) is 9.56. The Hall–Kier alpha value is -3.36. The first-order valence-corrected chi connectivity index (χ1v) is 11.8. The molecule has 0 aliphatic carbocycles. The van der Waals surface area contributed by atoms with Crippen molar-refractivity contribution in [1.29, 1.82) is 0 Å². The molecular formula is C26H27N5O3. The van der Waals surface area contributed by atoms with Crippen molar-refractivity contribution in [1.82, 2.24) is 24.3 Å². The molecule has 0 spiro atoms. The summed E-state index contributed by atoms with van der Waals surface area (Å²) in [5.74, 6) is -0.170. The van der Waals surface area contributed by atoms with Crippen molar-refractivity contribution in [3.8, 4) is 11.1 Å². The molecule has 1 N–H and O–H groups in total. The van der Waals surface area contributed by atoms with Gasteiger partial charge in [0.15, 0.2) is 0 Å². The van der Waals surface area contributed by atoms with Crippen molar-refractivity contribution in [2.24, 2.45) is 11.8 Å². The highest BCUT2D eigenvalue weighted by Gasteiger charge is 2.55. The van der Waals surface area contributed by atoms with E-state index in [1.165, 1.54) is 17.5 Å². The zero-order chi connectivity index (χ0) is 23.4. The number of aliphatic hydroxyl groups is 1. The van der Waals surface area contributed by atoms with Gasteiger partial charge in [0.1, 0.15) is 6.33 Å². The van der Waals surface area contributed by atoms with E-state index in [1.807, 2.05) is 36.2 Å². The Morgan fingerprint density at radius 1 is 1.12 bits per heavy atom. The smallest absolute Gasteiger partial charge is 0.258 e. The number of hydrogen-bond acceptors (Lipinski definition) is 6. The van der Waals surface area contributed by atoms with Crippen molar-refractivity contribution in [2.45, 2.75) is 31.6 Å². The lowest BCUT2D eigenvalue weighted by Crippen LogP contribution is -2.50. The number of carbonyl (C=O) groups excluding carboxylic acids is 1. The van der Waals surface area contributed by atoms with Gasteiger partial charge in [0.2, 0.25) is 5.91 Å². The molecule has 0 radical (unpaired) electrons. The van der Waals surface area contributed by atoms with Gasteiger partial charge < -0.3 is 14.6 Å². The zero-order valence-electron chi connectivity index (χ0n) is 19.0. The quantitative estimate of drug-likeness (QED) is 0.641. The van der Waals surface area contributed by atoms with Gasteiger partial charge in [0.25, 0.3) is 5.56 Å². The predicted octanol–water partition coefficient (Wildman–Crippen LogP) is 1.48. The third-order valence-corrected chi connectivity index (χ3v) is 7.92. The molecule has 5 heterocycles. The molecule has 3 aliphatic rings. The maximum atomic E-state index is 13.7. The van der Waals surface area contributed by atoms with Crippen LogP contribution < -0.4 is 5.56 Å². The van der Waals surface area contributed by atoms with Gasteiger partial charge >= 0.3 is 0 Å². The van der Waals surface area contributed by atoms with Crippen LogP contribution in [0.5, 0.6) is 0 Å². The number of hydrogen-bond donors (Lipinski definition) is 1. The molecular weight excluding hydrogens is 430 g/mol. The van der Waals surface area contributed by atoms with Crippen LogP contribution in [0.2, 0.25) is 0 Å². The fourth-order valence-electron chi connectivity index (χ4n) is 6.28. The Morgan fingerprint density at radius 2 is 1.88 bits per heavy atom. The number of rotatable bonds is 3. The van der Waals surface area contributed by atoms with Crippen LogP contribution in [0.25, 0.3) is 11.1 Å². The number of likely N-dealkylation sites (N-methyl/N-ethyl adjacent to an activating group) is 1. The Kier molecular flexibility index (Phi) is 5.08. The SMILES string of the molecule is CN1[C@@H]2c3ccc(-c4cncnc4)c(=O)n3C[C@@H]2[C@@H](CO)[C@@H]1C(=O)N1CCc2ccccc2C1. The fraction of sp³-hybridized carbons (Fsp3) is 0.385. The van der Waals surface area contributed by atoms with E-state index in [2.05, 4.69) is 27.0 Å². The molecule has 1 fully saturated rings. The summed E-state index contributed by atoms with van der Waals surface area (Å²) in [5.41, 5.74) is 4.56. The third-order valence-electron chi connectivity index (χ3n) is 7.92. The third kappa shape index (κ3) is 3.13. The lowest BCUT2D eigenvalue weighted by molar-refractivity contribution is -0.138. The van der Waals surface area contributed by atoms with Gasteiger partial charge in [-0.3, -0.25) is 14.5 Å². The summed E-state index contributed by atoms with van der Waals surface area (Å²) in [5, 5.41) is 10.4. The number of fused-ring (bicyclic) bond motifs is 4. The van der Waals surface area contributed by atoms with Crippen LogP contribution in [0, 0.1) is 11.8 Å². The summed E-state index contributed by atoms with van der Waals surface area (Å²) in [4.78, 5) is 39.1. The molecule has 1 saturated heterocycles. The van der Waals surface area contributed by atoms with E-state index in [0.29, 0.717) is 30.8 Å². The molecule has 2 aromatic heterocycles. The Morgan fingerprint density at radius 3 is 2.65 bits per heavy atom. The number of amides is 1. The van der Waals surface area contributed by atoms with Gasteiger partial charge in [-0.1, -0.05) is 24.3 Å². The first-order valence-electron chi connectivity index (χ1n) is 11.8. The second-order valence-corrected chi connectivity index (χ2v) is 9.56. The van der Waals surface area contributed by atoms with E-state index < -0.39 is 6.04 Å². The first kappa shape index (κ1) is 21.2.